The van der Waals surface area contributed by atoms with Crippen molar-refractivity contribution in [1.82, 2.24) is 5.32 Å². The van der Waals surface area contributed by atoms with Crippen molar-refractivity contribution in [3.8, 4) is 0 Å². The van der Waals surface area contributed by atoms with Crippen LogP contribution in [-0.4, -0.2) is 23.7 Å². The average molecular weight is 355 g/mol. The first-order valence-electron chi connectivity index (χ1n) is 7.42. The van der Waals surface area contributed by atoms with Crippen molar-refractivity contribution in [3.63, 3.8) is 0 Å². The molecule has 1 amide bonds. The Kier molecular flexibility index (Phi) is 5.41. The number of hydrogen-bond acceptors (Lipinski definition) is 3. The van der Waals surface area contributed by atoms with Crippen molar-refractivity contribution in [2.75, 3.05) is 6.54 Å². The van der Waals surface area contributed by atoms with Crippen LogP contribution in [0.25, 0.3) is 0 Å². The molecule has 0 saturated heterocycles. The van der Waals surface area contributed by atoms with E-state index in [1.165, 1.54) is 0 Å². The number of rotatable bonds is 4. The van der Waals surface area contributed by atoms with E-state index < -0.39 is 5.54 Å². The summed E-state index contributed by atoms with van der Waals surface area (Å²) in [5, 5.41) is 12.8. The summed E-state index contributed by atoms with van der Waals surface area (Å²) in [5.41, 5.74) is 5.89. The van der Waals surface area contributed by atoms with E-state index in [-0.39, 0.29) is 17.9 Å². The van der Waals surface area contributed by atoms with Crippen molar-refractivity contribution < 1.29 is 9.90 Å². The molecule has 5 heteroatoms. The predicted octanol–water partition coefficient (Wildman–Crippen LogP) is 2.29. The van der Waals surface area contributed by atoms with E-state index >= 15 is 0 Å². The van der Waals surface area contributed by atoms with Crippen molar-refractivity contribution in [2.45, 2.75) is 44.2 Å². The van der Waals surface area contributed by atoms with Crippen LogP contribution in [0.1, 0.15) is 38.2 Å². The zero-order chi connectivity index (χ0) is 15.5. The van der Waals surface area contributed by atoms with Crippen LogP contribution in [0.4, 0.5) is 0 Å². The van der Waals surface area contributed by atoms with Crippen LogP contribution in [0.3, 0.4) is 0 Å². The Labute approximate surface area is 134 Å². The molecule has 1 aliphatic carbocycles. The maximum absolute atomic E-state index is 12.4. The maximum atomic E-state index is 12.4. The standard InChI is InChI=1S/C16H23BrN2O2/c1-16(18,12-6-8-13(17)9-7-12)15(21)19-10-11-4-2-3-5-14(11)20/h6-9,11,14,20H,2-5,10,18H2,1H3,(H,19,21). The molecule has 1 fully saturated rings. The van der Waals surface area contributed by atoms with Crippen molar-refractivity contribution in [1.29, 1.82) is 0 Å². The van der Waals surface area contributed by atoms with Crippen LogP contribution in [0.5, 0.6) is 0 Å². The Hall–Kier alpha value is -0.910. The van der Waals surface area contributed by atoms with Crippen molar-refractivity contribution in [2.24, 2.45) is 11.7 Å². The molecular weight excluding hydrogens is 332 g/mol. The highest BCUT2D eigenvalue weighted by atomic mass is 79.9. The summed E-state index contributed by atoms with van der Waals surface area (Å²) < 4.78 is 0.952. The van der Waals surface area contributed by atoms with Gasteiger partial charge in [-0.25, -0.2) is 0 Å². The highest BCUT2D eigenvalue weighted by Gasteiger charge is 2.31. The van der Waals surface area contributed by atoms with Crippen LogP contribution in [0.15, 0.2) is 28.7 Å². The number of halogens is 1. The fourth-order valence-electron chi connectivity index (χ4n) is 2.76. The summed E-state index contributed by atoms with van der Waals surface area (Å²) in [4.78, 5) is 12.4. The molecular formula is C16H23BrN2O2. The van der Waals surface area contributed by atoms with Gasteiger partial charge in [0, 0.05) is 16.9 Å². The van der Waals surface area contributed by atoms with Crippen LogP contribution in [0, 0.1) is 5.92 Å². The van der Waals surface area contributed by atoms with Gasteiger partial charge in [-0.2, -0.15) is 0 Å². The first-order valence-corrected chi connectivity index (χ1v) is 8.22. The lowest BCUT2D eigenvalue weighted by Gasteiger charge is -2.30. The van der Waals surface area contributed by atoms with Gasteiger partial charge in [0.05, 0.1) is 6.10 Å². The fraction of sp³-hybridized carbons (Fsp3) is 0.562. The second-order valence-corrected chi connectivity index (χ2v) is 6.95. The Morgan fingerprint density at radius 2 is 2.00 bits per heavy atom. The lowest BCUT2D eigenvalue weighted by Crippen LogP contribution is -2.51. The summed E-state index contributed by atoms with van der Waals surface area (Å²) in [6, 6.07) is 7.44. The number of nitrogens with one attached hydrogen (secondary N) is 1. The topological polar surface area (TPSA) is 75.4 Å². The number of benzene rings is 1. The number of aliphatic hydroxyl groups excluding tert-OH is 1. The molecule has 2 rings (SSSR count). The molecule has 0 bridgehead atoms. The van der Waals surface area contributed by atoms with Crippen molar-refractivity contribution >= 4 is 21.8 Å². The van der Waals surface area contributed by atoms with E-state index in [4.69, 9.17) is 5.73 Å². The second-order valence-electron chi connectivity index (χ2n) is 6.03. The molecule has 0 spiro atoms. The summed E-state index contributed by atoms with van der Waals surface area (Å²) in [5.74, 6) is -0.0639. The molecule has 1 aromatic carbocycles. The van der Waals surface area contributed by atoms with Gasteiger partial charge in [0.25, 0.3) is 0 Å². The third kappa shape index (κ3) is 4.05. The number of carbonyl (C=O) groups excluding carboxylic acids is 1. The number of aliphatic hydroxyl groups is 1. The average Bonchev–Trinajstić information content (AvgIpc) is 2.46. The van der Waals surface area contributed by atoms with Gasteiger partial charge in [-0.3, -0.25) is 4.79 Å². The first kappa shape index (κ1) is 16.5. The summed E-state index contributed by atoms with van der Waals surface area (Å²) in [6.07, 6.45) is 3.66. The Bertz CT molecular complexity index is 488. The van der Waals surface area contributed by atoms with E-state index in [0.717, 1.165) is 35.7 Å². The van der Waals surface area contributed by atoms with Crippen molar-refractivity contribution in [3.05, 3.63) is 34.3 Å². The van der Waals surface area contributed by atoms with Crippen LogP contribution < -0.4 is 11.1 Å². The van der Waals surface area contributed by atoms with Gasteiger partial charge in [-0.1, -0.05) is 40.9 Å². The monoisotopic (exact) mass is 354 g/mol. The predicted molar refractivity (Wildman–Crippen MR) is 86.7 cm³/mol. The minimum atomic E-state index is -1.07. The fourth-order valence-corrected chi connectivity index (χ4v) is 3.03. The molecule has 3 unspecified atom stereocenters. The molecule has 4 nitrogen and oxygen atoms in total. The minimum Gasteiger partial charge on any atom is -0.393 e. The first-order chi connectivity index (χ1) is 9.91. The zero-order valence-electron chi connectivity index (χ0n) is 12.3. The van der Waals surface area contributed by atoms with Gasteiger partial charge < -0.3 is 16.2 Å². The van der Waals surface area contributed by atoms with E-state index in [2.05, 4.69) is 21.2 Å². The van der Waals surface area contributed by atoms with Gasteiger partial charge in [0.1, 0.15) is 5.54 Å². The molecule has 0 heterocycles. The van der Waals surface area contributed by atoms with E-state index in [1.54, 1.807) is 6.92 Å². The highest BCUT2D eigenvalue weighted by molar-refractivity contribution is 9.10. The summed E-state index contributed by atoms with van der Waals surface area (Å²) in [7, 11) is 0. The minimum absolute atomic E-state index is 0.142. The number of amides is 1. The van der Waals surface area contributed by atoms with Gasteiger partial charge in [0.15, 0.2) is 0 Å². The van der Waals surface area contributed by atoms with Gasteiger partial charge in [0.2, 0.25) is 5.91 Å². The normalized spacial score (nSPS) is 25.1. The molecule has 4 N–H and O–H groups in total. The maximum Gasteiger partial charge on any atom is 0.244 e. The smallest absolute Gasteiger partial charge is 0.244 e. The third-order valence-corrected chi connectivity index (χ3v) is 4.84. The Balaban J connectivity index is 1.96. The number of hydrogen-bond donors (Lipinski definition) is 3. The van der Waals surface area contributed by atoms with Gasteiger partial charge in [-0.05, 0) is 37.5 Å². The largest absolute Gasteiger partial charge is 0.393 e. The van der Waals surface area contributed by atoms with Crippen LogP contribution in [0.2, 0.25) is 0 Å². The van der Waals surface area contributed by atoms with Crippen LogP contribution >= 0.6 is 15.9 Å². The molecule has 0 aliphatic heterocycles. The SMILES string of the molecule is CC(N)(C(=O)NCC1CCCCC1O)c1ccc(Br)cc1. The zero-order valence-corrected chi connectivity index (χ0v) is 13.9. The summed E-state index contributed by atoms with van der Waals surface area (Å²) in [6.45, 7) is 2.20. The lowest BCUT2D eigenvalue weighted by atomic mass is 9.86. The van der Waals surface area contributed by atoms with E-state index in [0.29, 0.717) is 6.54 Å². The molecule has 116 valence electrons. The Morgan fingerprint density at radius 1 is 1.38 bits per heavy atom. The van der Waals surface area contributed by atoms with Gasteiger partial charge >= 0.3 is 0 Å². The molecule has 3 atom stereocenters. The lowest BCUT2D eigenvalue weighted by molar-refractivity contribution is -0.126. The van der Waals surface area contributed by atoms with Gasteiger partial charge in [-0.15, -0.1) is 0 Å². The van der Waals surface area contributed by atoms with E-state index in [9.17, 15) is 9.90 Å². The number of carbonyl (C=O) groups is 1. The summed E-state index contributed by atoms with van der Waals surface area (Å²) >= 11 is 3.37. The molecule has 0 aromatic heterocycles. The Morgan fingerprint density at radius 3 is 2.62 bits per heavy atom. The molecule has 0 radical (unpaired) electrons. The molecule has 1 aliphatic rings. The quantitative estimate of drug-likeness (QED) is 0.776. The van der Waals surface area contributed by atoms with E-state index in [1.807, 2.05) is 24.3 Å². The third-order valence-electron chi connectivity index (χ3n) is 4.31. The second kappa shape index (κ2) is 6.90. The van der Waals surface area contributed by atoms with Crippen LogP contribution in [-0.2, 0) is 10.3 Å². The molecule has 21 heavy (non-hydrogen) atoms. The molecule has 1 aromatic rings. The highest BCUT2D eigenvalue weighted by Crippen LogP contribution is 2.24. The number of nitrogens with two attached hydrogens (primary N) is 1. The molecule has 1 saturated carbocycles.